The van der Waals surface area contributed by atoms with Gasteiger partial charge in [-0.1, -0.05) is 29.8 Å². The molecular weight excluding hydrogens is 351 g/mol. The number of aliphatic imine (C=N–C) groups is 1. The fourth-order valence-corrected chi connectivity index (χ4v) is 2.48. The van der Waals surface area contributed by atoms with Crippen molar-refractivity contribution in [2.45, 2.75) is 6.18 Å². The van der Waals surface area contributed by atoms with Gasteiger partial charge in [-0.2, -0.15) is 13.2 Å². The third-order valence-corrected chi connectivity index (χ3v) is 3.89. The maximum atomic E-state index is 12.7. The number of carbonyl (C=O) groups is 1. The number of nitrogens with zero attached hydrogens (tertiary/aromatic N) is 1. The van der Waals surface area contributed by atoms with Gasteiger partial charge in [0, 0.05) is 6.21 Å². The van der Waals surface area contributed by atoms with Crippen LogP contribution in [0.1, 0.15) is 4.88 Å². The lowest BCUT2D eigenvalue weighted by Gasteiger charge is -2.08. The Morgan fingerprint density at radius 3 is 2.48 bits per heavy atom. The highest BCUT2D eigenvalue weighted by atomic mass is 35.5. The number of aliphatic hydroxyl groups is 1. The van der Waals surface area contributed by atoms with Crippen molar-refractivity contribution in [2.75, 3.05) is 0 Å². The number of carbonyl (C=O) groups excluding carboxylic acids is 1. The van der Waals surface area contributed by atoms with Gasteiger partial charge in [-0.25, -0.2) is 0 Å². The molecule has 0 saturated heterocycles. The third-order valence-electron chi connectivity index (χ3n) is 2.70. The molecule has 1 N–H and O–H groups in total. The molecular formula is C15H9ClF3NO2S. The standard InChI is InChI=1S/C15H9ClF3NO2S/c16-10-4-1-2-5-11(10)20-8-9(14(22)15(17,18)19)13(21)12-6-3-7-23-12/h1-8,21H/b13-9+,20-8?. The Hall–Kier alpha value is -2.12. The molecule has 3 nitrogen and oxygen atoms in total. The largest absolute Gasteiger partial charge is 0.506 e. The van der Waals surface area contributed by atoms with Crippen LogP contribution in [0.25, 0.3) is 5.76 Å². The van der Waals surface area contributed by atoms with Crippen LogP contribution < -0.4 is 0 Å². The number of para-hydroxylation sites is 1. The van der Waals surface area contributed by atoms with Gasteiger partial charge in [0.05, 0.1) is 21.2 Å². The van der Waals surface area contributed by atoms with E-state index in [-0.39, 0.29) is 15.6 Å². The molecule has 0 radical (unpaired) electrons. The first-order valence-electron chi connectivity index (χ1n) is 6.18. The molecule has 0 saturated carbocycles. The summed E-state index contributed by atoms with van der Waals surface area (Å²) in [4.78, 5) is 15.5. The highest BCUT2D eigenvalue weighted by Gasteiger charge is 2.41. The second kappa shape index (κ2) is 6.97. The zero-order valence-corrected chi connectivity index (χ0v) is 12.9. The molecule has 1 heterocycles. The van der Waals surface area contributed by atoms with E-state index in [1.807, 2.05) is 0 Å². The first-order valence-corrected chi connectivity index (χ1v) is 7.43. The van der Waals surface area contributed by atoms with Crippen LogP contribution in [-0.2, 0) is 4.79 Å². The lowest BCUT2D eigenvalue weighted by molar-refractivity contribution is -0.165. The number of hydrogen-bond donors (Lipinski definition) is 1. The molecule has 0 amide bonds. The Kier molecular flexibility index (Phi) is 5.23. The summed E-state index contributed by atoms with van der Waals surface area (Å²) in [5, 5.41) is 11.8. The summed E-state index contributed by atoms with van der Waals surface area (Å²) < 4.78 is 38.2. The minimum absolute atomic E-state index is 0.128. The van der Waals surface area contributed by atoms with Crippen LogP contribution in [0.4, 0.5) is 18.9 Å². The van der Waals surface area contributed by atoms with Gasteiger partial charge in [0.15, 0.2) is 0 Å². The lowest BCUT2D eigenvalue weighted by Crippen LogP contribution is -2.26. The number of rotatable bonds is 4. The monoisotopic (exact) mass is 359 g/mol. The summed E-state index contributed by atoms with van der Waals surface area (Å²) in [6, 6.07) is 9.12. The number of thiophene rings is 1. The number of allylic oxidation sites excluding steroid dienone is 1. The summed E-state index contributed by atoms with van der Waals surface area (Å²) in [5.74, 6) is -2.96. The van der Waals surface area contributed by atoms with E-state index in [1.54, 1.807) is 17.5 Å². The van der Waals surface area contributed by atoms with Gasteiger partial charge >= 0.3 is 6.18 Å². The normalized spacial score (nSPS) is 13.2. The molecule has 0 aliphatic rings. The Morgan fingerprint density at radius 1 is 1.22 bits per heavy atom. The van der Waals surface area contributed by atoms with Crippen molar-refractivity contribution in [3.63, 3.8) is 0 Å². The molecule has 1 aromatic carbocycles. The van der Waals surface area contributed by atoms with Crippen molar-refractivity contribution in [1.82, 2.24) is 0 Å². The van der Waals surface area contributed by atoms with Crippen LogP contribution in [0.3, 0.4) is 0 Å². The number of Topliss-reactive ketones (excluding diaryl/α,β-unsaturated/α-hetero) is 1. The molecule has 0 aliphatic heterocycles. The maximum Gasteiger partial charge on any atom is 0.455 e. The van der Waals surface area contributed by atoms with E-state index < -0.39 is 23.3 Å². The first kappa shape index (κ1) is 17.2. The van der Waals surface area contributed by atoms with Crippen LogP contribution in [0, 0.1) is 0 Å². The zero-order chi connectivity index (χ0) is 17.0. The van der Waals surface area contributed by atoms with Gasteiger partial charge < -0.3 is 5.11 Å². The fraction of sp³-hybridized carbons (Fsp3) is 0.0667. The van der Waals surface area contributed by atoms with E-state index in [2.05, 4.69) is 4.99 Å². The second-order valence-corrected chi connectivity index (χ2v) is 5.63. The molecule has 2 aromatic rings. The van der Waals surface area contributed by atoms with Crippen LogP contribution in [-0.4, -0.2) is 23.3 Å². The second-order valence-electron chi connectivity index (χ2n) is 4.28. The van der Waals surface area contributed by atoms with E-state index in [1.165, 1.54) is 24.3 Å². The summed E-state index contributed by atoms with van der Waals surface area (Å²) >= 11 is 6.86. The van der Waals surface area contributed by atoms with Crippen molar-refractivity contribution >= 4 is 46.4 Å². The summed E-state index contributed by atoms with van der Waals surface area (Å²) in [5.41, 5.74) is -0.763. The molecule has 1 aromatic heterocycles. The Labute approximate surface area is 138 Å². The molecule has 0 unspecified atom stereocenters. The number of hydrogen-bond acceptors (Lipinski definition) is 4. The van der Waals surface area contributed by atoms with Crippen LogP contribution in [0.5, 0.6) is 0 Å². The molecule has 2 rings (SSSR count). The van der Waals surface area contributed by atoms with Crippen molar-refractivity contribution in [3.05, 3.63) is 57.3 Å². The smallest absolute Gasteiger partial charge is 0.455 e. The average molecular weight is 360 g/mol. The molecule has 120 valence electrons. The van der Waals surface area contributed by atoms with Gasteiger partial charge in [-0.3, -0.25) is 9.79 Å². The van der Waals surface area contributed by atoms with Crippen molar-refractivity contribution in [3.8, 4) is 0 Å². The molecule has 0 fully saturated rings. The number of aliphatic hydroxyl groups excluding tert-OH is 1. The lowest BCUT2D eigenvalue weighted by atomic mass is 10.1. The van der Waals surface area contributed by atoms with Crippen LogP contribution in [0.2, 0.25) is 5.02 Å². The fourth-order valence-electron chi connectivity index (χ4n) is 1.62. The predicted octanol–water partition coefficient (Wildman–Crippen LogP) is 5.20. The molecule has 0 spiro atoms. The molecule has 23 heavy (non-hydrogen) atoms. The van der Waals surface area contributed by atoms with Crippen molar-refractivity contribution < 1.29 is 23.1 Å². The quantitative estimate of drug-likeness (QED) is 0.463. The van der Waals surface area contributed by atoms with Crippen LogP contribution in [0.15, 0.2) is 52.3 Å². The van der Waals surface area contributed by atoms with Gasteiger partial charge in [0.2, 0.25) is 0 Å². The van der Waals surface area contributed by atoms with Gasteiger partial charge in [0.25, 0.3) is 5.78 Å². The SMILES string of the molecule is O=C(/C(C=Nc1ccccc1Cl)=C(/O)c1cccs1)C(F)(F)F. The van der Waals surface area contributed by atoms with Gasteiger partial charge in [-0.15, -0.1) is 11.3 Å². The minimum Gasteiger partial charge on any atom is -0.506 e. The van der Waals surface area contributed by atoms with Gasteiger partial charge in [0.1, 0.15) is 5.76 Å². The third kappa shape index (κ3) is 4.20. The van der Waals surface area contributed by atoms with E-state index in [9.17, 15) is 23.1 Å². The highest BCUT2D eigenvalue weighted by molar-refractivity contribution is 7.11. The molecule has 8 heteroatoms. The predicted molar refractivity (Wildman–Crippen MR) is 84.5 cm³/mol. The first-order chi connectivity index (χ1) is 10.8. The Balaban J connectivity index is 2.49. The zero-order valence-electron chi connectivity index (χ0n) is 11.3. The summed E-state index contributed by atoms with van der Waals surface area (Å²) in [7, 11) is 0. The van der Waals surface area contributed by atoms with E-state index in [0.29, 0.717) is 6.21 Å². The topological polar surface area (TPSA) is 49.7 Å². The van der Waals surface area contributed by atoms with E-state index in [0.717, 1.165) is 11.3 Å². The average Bonchev–Trinajstić information content (AvgIpc) is 3.02. The minimum atomic E-state index is -5.13. The number of alkyl halides is 3. The summed E-state index contributed by atoms with van der Waals surface area (Å²) in [6.45, 7) is 0. The van der Waals surface area contributed by atoms with Gasteiger partial charge in [-0.05, 0) is 23.6 Å². The van der Waals surface area contributed by atoms with Crippen LogP contribution >= 0.6 is 22.9 Å². The van der Waals surface area contributed by atoms with Crippen molar-refractivity contribution in [1.29, 1.82) is 0 Å². The summed E-state index contributed by atoms with van der Waals surface area (Å²) in [6.07, 6.45) is -4.46. The highest BCUT2D eigenvalue weighted by Crippen LogP contribution is 2.28. The number of halogens is 4. The number of ketones is 1. The number of benzene rings is 1. The molecule has 0 aliphatic carbocycles. The maximum absolute atomic E-state index is 12.7. The molecule has 0 atom stereocenters. The molecule has 0 bridgehead atoms. The van der Waals surface area contributed by atoms with Crippen molar-refractivity contribution in [2.24, 2.45) is 4.99 Å². The Bertz CT molecular complexity index is 767. The Morgan fingerprint density at radius 2 is 1.91 bits per heavy atom. The van der Waals surface area contributed by atoms with E-state index in [4.69, 9.17) is 11.6 Å². The van der Waals surface area contributed by atoms with E-state index >= 15 is 0 Å².